The summed E-state index contributed by atoms with van der Waals surface area (Å²) in [7, 11) is 0. The van der Waals surface area contributed by atoms with Crippen LogP contribution < -0.4 is 0 Å². The summed E-state index contributed by atoms with van der Waals surface area (Å²) in [5, 5.41) is 2.28. The number of aromatic nitrogens is 2. The van der Waals surface area contributed by atoms with E-state index in [1.165, 1.54) is 5.56 Å². The molecule has 6 aromatic rings. The summed E-state index contributed by atoms with van der Waals surface area (Å²) < 4.78 is 8.41. The zero-order valence-corrected chi connectivity index (χ0v) is 16.0. The van der Waals surface area contributed by atoms with E-state index in [0.29, 0.717) is 0 Å². The molecular weight excluding hydrogens is 356 g/mol. The molecule has 3 heteroatoms. The lowest BCUT2D eigenvalue weighted by Gasteiger charge is -2.09. The quantitative estimate of drug-likeness (QED) is 0.330. The summed E-state index contributed by atoms with van der Waals surface area (Å²) in [5.74, 6) is 0.929. The van der Waals surface area contributed by atoms with Crippen molar-refractivity contribution < 1.29 is 4.42 Å². The second kappa shape index (κ2) is 6.08. The monoisotopic (exact) mass is 374 g/mol. The van der Waals surface area contributed by atoms with E-state index in [1.807, 2.05) is 24.3 Å². The number of imidazole rings is 1. The van der Waals surface area contributed by atoms with Gasteiger partial charge in [0.05, 0.1) is 16.7 Å². The molecule has 0 aliphatic carbocycles. The van der Waals surface area contributed by atoms with Crippen molar-refractivity contribution in [2.24, 2.45) is 0 Å². The van der Waals surface area contributed by atoms with Gasteiger partial charge in [-0.3, -0.25) is 4.57 Å². The van der Waals surface area contributed by atoms with E-state index in [9.17, 15) is 0 Å². The maximum absolute atomic E-state index is 6.20. The van der Waals surface area contributed by atoms with Crippen LogP contribution in [0.4, 0.5) is 0 Å². The van der Waals surface area contributed by atoms with E-state index in [1.54, 1.807) is 0 Å². The van der Waals surface area contributed by atoms with Crippen molar-refractivity contribution in [3.05, 3.63) is 96.6 Å². The minimum Gasteiger partial charge on any atom is -0.456 e. The topological polar surface area (TPSA) is 31.0 Å². The molecule has 0 N–H and O–H groups in total. The van der Waals surface area contributed by atoms with Crippen LogP contribution in [-0.4, -0.2) is 9.55 Å². The van der Waals surface area contributed by atoms with Crippen LogP contribution in [0, 0.1) is 6.92 Å². The lowest BCUT2D eigenvalue weighted by molar-refractivity contribution is 0.668. The summed E-state index contributed by atoms with van der Waals surface area (Å²) in [6.45, 7) is 2.09. The van der Waals surface area contributed by atoms with Crippen LogP contribution in [0.2, 0.25) is 0 Å². The van der Waals surface area contributed by atoms with Crippen LogP contribution in [0.1, 0.15) is 5.56 Å². The van der Waals surface area contributed by atoms with Gasteiger partial charge in [-0.15, -0.1) is 0 Å². The molecule has 0 saturated heterocycles. The highest BCUT2D eigenvalue weighted by Gasteiger charge is 2.15. The van der Waals surface area contributed by atoms with Gasteiger partial charge >= 0.3 is 0 Å². The molecule has 2 heterocycles. The lowest BCUT2D eigenvalue weighted by Crippen LogP contribution is -1.97. The molecule has 0 amide bonds. The number of fused-ring (bicyclic) bond motifs is 4. The molecule has 0 unspecified atom stereocenters. The Hall–Kier alpha value is -3.85. The fourth-order valence-corrected chi connectivity index (χ4v) is 4.08. The van der Waals surface area contributed by atoms with Crippen LogP contribution in [-0.2, 0) is 0 Å². The number of benzene rings is 4. The van der Waals surface area contributed by atoms with Crippen molar-refractivity contribution in [3.8, 4) is 17.1 Å². The van der Waals surface area contributed by atoms with E-state index in [4.69, 9.17) is 9.40 Å². The Labute approximate surface area is 167 Å². The van der Waals surface area contributed by atoms with Crippen molar-refractivity contribution in [2.45, 2.75) is 6.92 Å². The number of nitrogens with zero attached hydrogens (tertiary/aromatic N) is 2. The molecule has 0 fully saturated rings. The molecule has 0 saturated carbocycles. The molecular formula is C26H18N2O. The number of rotatable bonds is 2. The molecule has 0 aliphatic heterocycles. The van der Waals surface area contributed by atoms with E-state index >= 15 is 0 Å². The summed E-state index contributed by atoms with van der Waals surface area (Å²) in [5.41, 5.74) is 7.20. The van der Waals surface area contributed by atoms with Crippen molar-refractivity contribution in [3.63, 3.8) is 0 Å². The molecule has 0 aliphatic rings. The van der Waals surface area contributed by atoms with Crippen LogP contribution in [0.15, 0.2) is 95.4 Å². The molecule has 138 valence electrons. The van der Waals surface area contributed by atoms with Gasteiger partial charge in [0.15, 0.2) is 0 Å². The average Bonchev–Trinajstić information content (AvgIpc) is 3.31. The Morgan fingerprint density at radius 3 is 2.31 bits per heavy atom. The molecule has 29 heavy (non-hydrogen) atoms. The first-order valence-corrected chi connectivity index (χ1v) is 9.74. The number of para-hydroxylation sites is 2. The number of hydrogen-bond donors (Lipinski definition) is 0. The van der Waals surface area contributed by atoms with Gasteiger partial charge in [-0.1, -0.05) is 54.6 Å². The van der Waals surface area contributed by atoms with Gasteiger partial charge in [0.1, 0.15) is 17.0 Å². The smallest absolute Gasteiger partial charge is 0.145 e. The highest BCUT2D eigenvalue weighted by molar-refractivity contribution is 6.05. The third-order valence-corrected chi connectivity index (χ3v) is 5.46. The van der Waals surface area contributed by atoms with Crippen LogP contribution >= 0.6 is 0 Å². The predicted molar refractivity (Wildman–Crippen MR) is 119 cm³/mol. The average molecular weight is 374 g/mol. The standard InChI is InChI=1S/C26H18N2O/c1-17-11-13-20-21-14-12-19(16-25(21)29-24(20)15-17)28-23-10-6-5-9-22(23)27-26(28)18-7-3-2-4-8-18/h2-16H,1H3. The van der Waals surface area contributed by atoms with Gasteiger partial charge in [-0.05, 0) is 42.8 Å². The molecule has 6 rings (SSSR count). The van der Waals surface area contributed by atoms with E-state index in [2.05, 4.69) is 78.2 Å². The zero-order chi connectivity index (χ0) is 19.4. The van der Waals surface area contributed by atoms with Crippen LogP contribution in [0.5, 0.6) is 0 Å². The molecule has 0 radical (unpaired) electrons. The predicted octanol–water partition coefficient (Wildman–Crippen LogP) is 6.90. The summed E-state index contributed by atoms with van der Waals surface area (Å²) in [6.07, 6.45) is 0. The molecule has 2 aromatic heterocycles. The lowest BCUT2D eigenvalue weighted by atomic mass is 10.1. The Balaban J connectivity index is 1.65. The number of furan rings is 1. The zero-order valence-electron chi connectivity index (χ0n) is 16.0. The van der Waals surface area contributed by atoms with Crippen molar-refractivity contribution in [1.82, 2.24) is 9.55 Å². The number of aryl methyl sites for hydroxylation is 1. The SMILES string of the molecule is Cc1ccc2c(c1)oc1cc(-n3c(-c4ccccc4)nc4ccccc43)ccc12. The van der Waals surface area contributed by atoms with Crippen LogP contribution in [0.25, 0.3) is 50.0 Å². The molecule has 4 aromatic carbocycles. The first-order valence-electron chi connectivity index (χ1n) is 9.74. The van der Waals surface area contributed by atoms with E-state index in [-0.39, 0.29) is 0 Å². The third kappa shape index (κ3) is 2.48. The van der Waals surface area contributed by atoms with Crippen molar-refractivity contribution >= 4 is 33.0 Å². The van der Waals surface area contributed by atoms with E-state index in [0.717, 1.165) is 50.0 Å². The molecule has 0 bridgehead atoms. The first-order chi connectivity index (χ1) is 14.3. The molecule has 3 nitrogen and oxygen atoms in total. The highest BCUT2D eigenvalue weighted by atomic mass is 16.3. The maximum Gasteiger partial charge on any atom is 0.145 e. The van der Waals surface area contributed by atoms with Gasteiger partial charge in [-0.25, -0.2) is 4.98 Å². The third-order valence-electron chi connectivity index (χ3n) is 5.46. The first kappa shape index (κ1) is 16.1. The van der Waals surface area contributed by atoms with Gasteiger partial charge in [0, 0.05) is 22.4 Å². The fraction of sp³-hybridized carbons (Fsp3) is 0.0385. The van der Waals surface area contributed by atoms with Crippen molar-refractivity contribution in [1.29, 1.82) is 0 Å². The fourth-order valence-electron chi connectivity index (χ4n) is 4.08. The Kier molecular flexibility index (Phi) is 3.38. The van der Waals surface area contributed by atoms with Gasteiger partial charge in [0.2, 0.25) is 0 Å². The second-order valence-corrected chi connectivity index (χ2v) is 7.41. The Morgan fingerprint density at radius 2 is 1.45 bits per heavy atom. The van der Waals surface area contributed by atoms with Gasteiger partial charge in [0.25, 0.3) is 0 Å². The summed E-state index contributed by atoms with van der Waals surface area (Å²) in [4.78, 5) is 4.93. The van der Waals surface area contributed by atoms with Crippen molar-refractivity contribution in [2.75, 3.05) is 0 Å². The highest BCUT2D eigenvalue weighted by Crippen LogP contribution is 2.34. The minimum absolute atomic E-state index is 0.889. The Morgan fingerprint density at radius 1 is 0.724 bits per heavy atom. The molecule has 0 atom stereocenters. The largest absolute Gasteiger partial charge is 0.456 e. The minimum atomic E-state index is 0.889. The maximum atomic E-state index is 6.20. The summed E-state index contributed by atoms with van der Waals surface area (Å²) >= 11 is 0. The Bertz CT molecular complexity index is 1510. The summed E-state index contributed by atoms with van der Waals surface area (Å²) in [6, 6.07) is 31.3. The second-order valence-electron chi connectivity index (χ2n) is 7.41. The van der Waals surface area contributed by atoms with Gasteiger partial charge < -0.3 is 4.42 Å². The number of hydrogen-bond acceptors (Lipinski definition) is 2. The van der Waals surface area contributed by atoms with Crippen LogP contribution in [0.3, 0.4) is 0 Å². The normalized spacial score (nSPS) is 11.6. The van der Waals surface area contributed by atoms with Gasteiger partial charge in [-0.2, -0.15) is 0 Å². The van der Waals surface area contributed by atoms with E-state index < -0.39 is 0 Å². The molecule has 0 spiro atoms.